The molecule has 0 saturated carbocycles. The molecule has 3 N–H and O–H groups in total. The number of nitrogens with two attached hydrogens (primary N) is 1. The number of anilines is 1. The number of thiophene rings is 1. The lowest BCUT2D eigenvalue weighted by atomic mass is 10.1. The van der Waals surface area contributed by atoms with Crippen molar-refractivity contribution in [3.05, 3.63) is 74.7 Å². The van der Waals surface area contributed by atoms with Gasteiger partial charge in [0.05, 0.1) is 5.69 Å². The van der Waals surface area contributed by atoms with Crippen LogP contribution in [0, 0.1) is 0 Å². The van der Waals surface area contributed by atoms with E-state index in [0.29, 0.717) is 5.95 Å². The van der Waals surface area contributed by atoms with Gasteiger partial charge in [-0.3, -0.25) is 0 Å². The van der Waals surface area contributed by atoms with Gasteiger partial charge in [0.15, 0.2) is 0 Å². The number of nitrogen functional groups attached to an aromatic ring is 1. The molecule has 2 aromatic heterocycles. The van der Waals surface area contributed by atoms with Crippen molar-refractivity contribution in [3.63, 3.8) is 0 Å². The molecule has 0 fully saturated rings. The molecule has 0 amide bonds. The predicted molar refractivity (Wildman–Crippen MR) is 100 cm³/mol. The Hall–Kier alpha value is -1.95. The minimum atomic E-state index is 0.327. The van der Waals surface area contributed by atoms with Crippen LogP contribution in [0.3, 0.4) is 0 Å². The third-order valence-corrected chi connectivity index (χ3v) is 4.94. The Kier molecular flexibility index (Phi) is 5.80. The summed E-state index contributed by atoms with van der Waals surface area (Å²) in [5, 5.41) is 4.26. The normalized spacial score (nSPS) is 10.9. The topological polar surface area (TPSA) is 63.8 Å². The number of halogens is 1. The van der Waals surface area contributed by atoms with Gasteiger partial charge in [0.25, 0.3) is 0 Å². The third kappa shape index (κ3) is 5.03. The van der Waals surface area contributed by atoms with Crippen LogP contribution in [0.5, 0.6) is 0 Å². The lowest BCUT2D eigenvalue weighted by Crippen LogP contribution is -2.15. The van der Waals surface area contributed by atoms with E-state index in [1.807, 2.05) is 18.2 Å². The second-order valence-electron chi connectivity index (χ2n) is 5.50. The van der Waals surface area contributed by atoms with Crippen molar-refractivity contribution in [3.8, 4) is 0 Å². The maximum absolute atomic E-state index is 5.89. The average Bonchev–Trinajstić information content (AvgIpc) is 3.01. The average molecular weight is 359 g/mol. The summed E-state index contributed by atoms with van der Waals surface area (Å²) in [6, 6.07) is 14.2. The fourth-order valence-electron chi connectivity index (χ4n) is 2.40. The number of hydrogen-bond donors (Lipinski definition) is 2. The van der Waals surface area contributed by atoms with Crippen LogP contribution in [0.2, 0.25) is 5.02 Å². The maximum atomic E-state index is 5.89. The minimum absolute atomic E-state index is 0.327. The van der Waals surface area contributed by atoms with Crippen molar-refractivity contribution < 1.29 is 0 Å². The number of aromatic nitrogens is 2. The lowest BCUT2D eigenvalue weighted by molar-refractivity contribution is 0.693. The first-order valence-corrected chi connectivity index (χ1v) is 8.98. The summed E-state index contributed by atoms with van der Waals surface area (Å²) < 4.78 is 0. The van der Waals surface area contributed by atoms with E-state index in [-0.39, 0.29) is 0 Å². The molecule has 3 rings (SSSR count). The van der Waals surface area contributed by atoms with Gasteiger partial charge in [-0.25, -0.2) is 9.97 Å². The molecule has 0 aliphatic carbocycles. The van der Waals surface area contributed by atoms with E-state index in [9.17, 15) is 0 Å². The van der Waals surface area contributed by atoms with Gasteiger partial charge in [0.2, 0.25) is 5.95 Å². The maximum Gasteiger partial charge on any atom is 0.220 e. The Labute approximate surface area is 150 Å². The molecule has 0 spiro atoms. The van der Waals surface area contributed by atoms with Gasteiger partial charge in [-0.1, -0.05) is 23.7 Å². The van der Waals surface area contributed by atoms with Crippen molar-refractivity contribution in [2.75, 3.05) is 12.3 Å². The number of hydrogen-bond acceptors (Lipinski definition) is 5. The molecule has 0 radical (unpaired) electrons. The summed E-state index contributed by atoms with van der Waals surface area (Å²) in [5.74, 6) is 0.327. The van der Waals surface area contributed by atoms with E-state index in [1.54, 1.807) is 17.5 Å². The molecular formula is C18H19ClN4S. The standard InChI is InChI=1S/C18H19ClN4S/c19-14-3-1-13(2-4-14)7-9-21-12-17-6-5-16(24-17)11-15-8-10-22-18(20)23-15/h1-6,8,10,21H,7,9,11-12H2,(H2,20,22,23). The van der Waals surface area contributed by atoms with Gasteiger partial charge in [-0.2, -0.15) is 0 Å². The van der Waals surface area contributed by atoms with Crippen LogP contribution >= 0.6 is 22.9 Å². The highest BCUT2D eigenvalue weighted by molar-refractivity contribution is 7.12. The smallest absolute Gasteiger partial charge is 0.220 e. The van der Waals surface area contributed by atoms with E-state index < -0.39 is 0 Å². The first kappa shape index (κ1) is 16.9. The Morgan fingerprint density at radius 2 is 1.83 bits per heavy atom. The summed E-state index contributed by atoms with van der Waals surface area (Å²) >= 11 is 7.69. The molecule has 0 bridgehead atoms. The zero-order valence-electron chi connectivity index (χ0n) is 13.2. The number of benzene rings is 1. The lowest BCUT2D eigenvalue weighted by Gasteiger charge is -2.04. The van der Waals surface area contributed by atoms with Gasteiger partial charge in [0, 0.05) is 33.9 Å². The molecule has 3 aromatic rings. The van der Waals surface area contributed by atoms with Crippen LogP contribution < -0.4 is 11.1 Å². The van der Waals surface area contributed by atoms with Crippen LogP contribution in [0.1, 0.15) is 21.0 Å². The van der Waals surface area contributed by atoms with Gasteiger partial charge in [-0.05, 0) is 48.9 Å². The second kappa shape index (κ2) is 8.24. The van der Waals surface area contributed by atoms with Gasteiger partial charge in [-0.15, -0.1) is 11.3 Å². The SMILES string of the molecule is Nc1nccc(Cc2ccc(CNCCc3ccc(Cl)cc3)s2)n1. The summed E-state index contributed by atoms with van der Waals surface area (Å²) in [6.07, 6.45) is 3.49. The molecule has 1 aromatic carbocycles. The monoisotopic (exact) mass is 358 g/mol. The van der Waals surface area contributed by atoms with E-state index in [0.717, 1.165) is 36.6 Å². The zero-order valence-corrected chi connectivity index (χ0v) is 14.8. The van der Waals surface area contributed by atoms with Crippen molar-refractivity contribution >= 4 is 28.9 Å². The Bertz CT molecular complexity index is 786. The van der Waals surface area contributed by atoms with Crippen molar-refractivity contribution in [1.82, 2.24) is 15.3 Å². The molecule has 0 atom stereocenters. The molecular weight excluding hydrogens is 340 g/mol. The Balaban J connectivity index is 1.45. The highest BCUT2D eigenvalue weighted by atomic mass is 35.5. The fraction of sp³-hybridized carbons (Fsp3) is 0.222. The summed E-state index contributed by atoms with van der Waals surface area (Å²) in [4.78, 5) is 10.8. The van der Waals surface area contributed by atoms with Gasteiger partial charge >= 0.3 is 0 Å². The van der Waals surface area contributed by atoms with Crippen LogP contribution in [-0.4, -0.2) is 16.5 Å². The molecule has 2 heterocycles. The Morgan fingerprint density at radius 1 is 1.04 bits per heavy atom. The summed E-state index contributed by atoms with van der Waals surface area (Å²) in [5.41, 5.74) is 7.86. The fourth-order valence-corrected chi connectivity index (χ4v) is 3.53. The van der Waals surface area contributed by atoms with Crippen LogP contribution in [0.15, 0.2) is 48.7 Å². The zero-order chi connectivity index (χ0) is 16.8. The van der Waals surface area contributed by atoms with E-state index in [2.05, 4.69) is 39.6 Å². The highest BCUT2D eigenvalue weighted by Gasteiger charge is 2.03. The molecule has 4 nitrogen and oxygen atoms in total. The van der Waals surface area contributed by atoms with Crippen LogP contribution in [0.25, 0.3) is 0 Å². The van der Waals surface area contributed by atoms with Crippen molar-refractivity contribution in [2.24, 2.45) is 0 Å². The van der Waals surface area contributed by atoms with Gasteiger partial charge in [0.1, 0.15) is 0 Å². The predicted octanol–water partition coefficient (Wildman–Crippen LogP) is 3.70. The quantitative estimate of drug-likeness (QED) is 0.632. The van der Waals surface area contributed by atoms with E-state index in [4.69, 9.17) is 17.3 Å². The number of nitrogens with zero attached hydrogens (tertiary/aromatic N) is 2. The molecule has 124 valence electrons. The van der Waals surface area contributed by atoms with Gasteiger partial charge < -0.3 is 11.1 Å². The highest BCUT2D eigenvalue weighted by Crippen LogP contribution is 2.19. The summed E-state index contributed by atoms with van der Waals surface area (Å²) in [7, 11) is 0. The van der Waals surface area contributed by atoms with E-state index in [1.165, 1.54) is 15.3 Å². The van der Waals surface area contributed by atoms with Crippen molar-refractivity contribution in [1.29, 1.82) is 0 Å². The minimum Gasteiger partial charge on any atom is -0.368 e. The second-order valence-corrected chi connectivity index (χ2v) is 7.19. The largest absolute Gasteiger partial charge is 0.368 e. The molecule has 0 saturated heterocycles. The Morgan fingerprint density at radius 3 is 2.62 bits per heavy atom. The first-order chi connectivity index (χ1) is 11.7. The number of nitrogens with one attached hydrogen (secondary N) is 1. The molecule has 0 aliphatic rings. The molecule has 6 heteroatoms. The van der Waals surface area contributed by atoms with E-state index >= 15 is 0 Å². The van der Waals surface area contributed by atoms with Crippen molar-refractivity contribution in [2.45, 2.75) is 19.4 Å². The first-order valence-electron chi connectivity index (χ1n) is 7.79. The molecule has 24 heavy (non-hydrogen) atoms. The summed E-state index contributed by atoms with van der Waals surface area (Å²) in [6.45, 7) is 1.82. The third-order valence-electron chi connectivity index (χ3n) is 3.61. The van der Waals surface area contributed by atoms with Crippen LogP contribution in [0.4, 0.5) is 5.95 Å². The number of rotatable bonds is 7. The molecule has 0 aliphatic heterocycles. The van der Waals surface area contributed by atoms with Crippen LogP contribution in [-0.2, 0) is 19.4 Å². The molecule has 0 unspecified atom stereocenters.